The van der Waals surface area contributed by atoms with Gasteiger partial charge in [0.15, 0.2) is 5.65 Å². The molecule has 6 heteroatoms. The van der Waals surface area contributed by atoms with Crippen LogP contribution in [0.5, 0.6) is 0 Å². The predicted octanol–water partition coefficient (Wildman–Crippen LogP) is 0.996. The van der Waals surface area contributed by atoms with E-state index in [0.29, 0.717) is 23.7 Å². The normalized spacial score (nSPS) is 18.6. The fourth-order valence-electron chi connectivity index (χ4n) is 2.60. The van der Waals surface area contributed by atoms with Crippen LogP contribution in [0.4, 0.5) is 0 Å². The Morgan fingerprint density at radius 3 is 3.25 bits per heavy atom. The smallest absolute Gasteiger partial charge is 0.252 e. The highest BCUT2D eigenvalue weighted by atomic mass is 16.1. The Kier molecular flexibility index (Phi) is 3.64. The maximum Gasteiger partial charge on any atom is 0.252 e. The van der Waals surface area contributed by atoms with Gasteiger partial charge in [-0.2, -0.15) is 5.10 Å². The molecule has 3 N–H and O–H groups in total. The molecule has 0 spiro atoms. The third-order valence-electron chi connectivity index (χ3n) is 3.86. The fourth-order valence-corrected chi connectivity index (χ4v) is 2.60. The van der Waals surface area contributed by atoms with Crippen molar-refractivity contribution in [3.63, 3.8) is 0 Å². The number of aromatic nitrogens is 3. The summed E-state index contributed by atoms with van der Waals surface area (Å²) in [7, 11) is 0. The lowest BCUT2D eigenvalue weighted by molar-refractivity contribution is 0.0951. The Balaban J connectivity index is 1.61. The molecule has 1 fully saturated rings. The molecule has 106 valence electrons. The summed E-state index contributed by atoms with van der Waals surface area (Å²) in [5, 5.41) is 14.1. The highest BCUT2D eigenvalue weighted by molar-refractivity contribution is 5.97. The number of nitrogens with zero attached hydrogens (tertiary/aromatic N) is 2. The van der Waals surface area contributed by atoms with Gasteiger partial charge >= 0.3 is 0 Å². The summed E-state index contributed by atoms with van der Waals surface area (Å²) >= 11 is 0. The molecule has 1 amide bonds. The first-order valence-electron chi connectivity index (χ1n) is 7.03. The first-order valence-corrected chi connectivity index (χ1v) is 7.03. The van der Waals surface area contributed by atoms with Crippen LogP contribution >= 0.6 is 0 Å². The van der Waals surface area contributed by atoms with E-state index in [-0.39, 0.29) is 5.91 Å². The minimum atomic E-state index is -0.0639. The molecule has 1 saturated heterocycles. The van der Waals surface area contributed by atoms with Crippen LogP contribution in [0.3, 0.4) is 0 Å². The number of amides is 1. The average Bonchev–Trinajstić information content (AvgIpc) is 3.09. The topological polar surface area (TPSA) is 82.7 Å². The quantitative estimate of drug-likeness (QED) is 0.776. The molecule has 1 unspecified atom stereocenters. The van der Waals surface area contributed by atoms with Crippen molar-refractivity contribution in [3.05, 3.63) is 23.5 Å². The minimum Gasteiger partial charge on any atom is -0.352 e. The molecule has 1 aliphatic heterocycles. The van der Waals surface area contributed by atoms with E-state index in [1.54, 1.807) is 6.20 Å². The Hall–Kier alpha value is -1.95. The van der Waals surface area contributed by atoms with Crippen LogP contribution in [0.15, 0.2) is 12.3 Å². The van der Waals surface area contributed by atoms with Crippen molar-refractivity contribution in [3.8, 4) is 0 Å². The number of nitrogens with one attached hydrogen (secondary N) is 3. The molecule has 0 aromatic carbocycles. The van der Waals surface area contributed by atoms with Gasteiger partial charge in [0.25, 0.3) is 5.91 Å². The van der Waals surface area contributed by atoms with Crippen molar-refractivity contribution in [2.75, 3.05) is 19.6 Å². The Morgan fingerprint density at radius 2 is 2.45 bits per heavy atom. The summed E-state index contributed by atoms with van der Waals surface area (Å²) in [4.78, 5) is 16.3. The maximum atomic E-state index is 12.1. The van der Waals surface area contributed by atoms with Gasteiger partial charge in [-0.15, -0.1) is 0 Å². The number of aryl methyl sites for hydroxylation is 1. The molecule has 0 radical (unpaired) electrons. The van der Waals surface area contributed by atoms with Crippen LogP contribution in [-0.4, -0.2) is 40.7 Å². The number of carbonyl (C=O) groups excluding carboxylic acids is 1. The van der Waals surface area contributed by atoms with Gasteiger partial charge in [-0.3, -0.25) is 9.89 Å². The van der Waals surface area contributed by atoms with E-state index in [4.69, 9.17) is 0 Å². The number of hydrogen-bond donors (Lipinski definition) is 3. The second-order valence-corrected chi connectivity index (χ2v) is 5.35. The highest BCUT2D eigenvalue weighted by Crippen LogP contribution is 2.15. The van der Waals surface area contributed by atoms with Crippen LogP contribution in [0, 0.1) is 12.8 Å². The first-order chi connectivity index (χ1) is 9.74. The standard InChI is InChI=1S/C14H19N5O/c1-9-12-6-11(8-17-13(12)19-18-9)14(20)16-5-3-10-2-4-15-7-10/h6,8,10,15H,2-5,7H2,1H3,(H,16,20)(H,17,18,19). The molecular formula is C14H19N5O. The summed E-state index contributed by atoms with van der Waals surface area (Å²) in [6.07, 6.45) is 3.81. The minimum absolute atomic E-state index is 0.0639. The molecule has 3 rings (SSSR count). The lowest BCUT2D eigenvalue weighted by Gasteiger charge is -2.09. The zero-order valence-electron chi connectivity index (χ0n) is 11.6. The molecule has 0 bridgehead atoms. The average molecular weight is 273 g/mol. The van der Waals surface area contributed by atoms with Gasteiger partial charge in [-0.25, -0.2) is 4.98 Å². The van der Waals surface area contributed by atoms with Gasteiger partial charge in [0, 0.05) is 23.8 Å². The van der Waals surface area contributed by atoms with Crippen molar-refractivity contribution >= 4 is 16.9 Å². The van der Waals surface area contributed by atoms with Crippen LogP contribution in [0.25, 0.3) is 11.0 Å². The summed E-state index contributed by atoms with van der Waals surface area (Å²) in [5.41, 5.74) is 2.17. The van der Waals surface area contributed by atoms with E-state index in [1.807, 2.05) is 13.0 Å². The van der Waals surface area contributed by atoms with Gasteiger partial charge in [0.05, 0.1) is 5.56 Å². The van der Waals surface area contributed by atoms with Gasteiger partial charge in [-0.1, -0.05) is 0 Å². The van der Waals surface area contributed by atoms with Gasteiger partial charge in [0.2, 0.25) is 0 Å². The molecule has 2 aromatic heterocycles. The van der Waals surface area contributed by atoms with Crippen LogP contribution in [-0.2, 0) is 0 Å². The SMILES string of the molecule is Cc1[nH]nc2ncc(C(=O)NCCC3CCNC3)cc12. The largest absolute Gasteiger partial charge is 0.352 e. The number of carbonyl (C=O) groups is 1. The maximum absolute atomic E-state index is 12.1. The number of pyridine rings is 1. The van der Waals surface area contributed by atoms with Gasteiger partial charge < -0.3 is 10.6 Å². The van der Waals surface area contributed by atoms with Crippen molar-refractivity contribution < 1.29 is 4.79 Å². The molecular weight excluding hydrogens is 254 g/mol. The third kappa shape index (κ3) is 2.65. The first kappa shape index (κ1) is 13.1. The lowest BCUT2D eigenvalue weighted by Crippen LogP contribution is -2.26. The van der Waals surface area contributed by atoms with Crippen molar-refractivity contribution in [1.82, 2.24) is 25.8 Å². The van der Waals surface area contributed by atoms with E-state index in [1.165, 1.54) is 6.42 Å². The van der Waals surface area contributed by atoms with E-state index in [2.05, 4.69) is 25.8 Å². The molecule has 3 heterocycles. The van der Waals surface area contributed by atoms with Gasteiger partial charge in [-0.05, 0) is 44.8 Å². The number of H-pyrrole nitrogens is 1. The third-order valence-corrected chi connectivity index (χ3v) is 3.86. The van der Waals surface area contributed by atoms with Crippen molar-refractivity contribution in [1.29, 1.82) is 0 Å². The molecule has 0 aliphatic carbocycles. The molecule has 20 heavy (non-hydrogen) atoms. The second kappa shape index (κ2) is 5.58. The highest BCUT2D eigenvalue weighted by Gasteiger charge is 2.15. The Labute approximate surface area is 117 Å². The summed E-state index contributed by atoms with van der Waals surface area (Å²) in [6.45, 7) is 4.80. The van der Waals surface area contributed by atoms with Crippen molar-refractivity contribution in [2.45, 2.75) is 19.8 Å². The number of rotatable bonds is 4. The van der Waals surface area contributed by atoms with Crippen LogP contribution in [0.2, 0.25) is 0 Å². The molecule has 2 aromatic rings. The molecule has 6 nitrogen and oxygen atoms in total. The van der Waals surface area contributed by atoms with Crippen LogP contribution in [0.1, 0.15) is 28.9 Å². The van der Waals surface area contributed by atoms with Crippen molar-refractivity contribution in [2.24, 2.45) is 5.92 Å². The molecule has 0 saturated carbocycles. The van der Waals surface area contributed by atoms with Crippen LogP contribution < -0.4 is 10.6 Å². The lowest BCUT2D eigenvalue weighted by atomic mass is 10.1. The number of fused-ring (bicyclic) bond motifs is 1. The molecule has 1 aliphatic rings. The summed E-state index contributed by atoms with van der Waals surface area (Å²) in [5.74, 6) is 0.623. The number of aromatic amines is 1. The van der Waals surface area contributed by atoms with E-state index in [9.17, 15) is 4.79 Å². The second-order valence-electron chi connectivity index (χ2n) is 5.35. The van der Waals surface area contributed by atoms with E-state index < -0.39 is 0 Å². The summed E-state index contributed by atoms with van der Waals surface area (Å²) < 4.78 is 0. The van der Waals surface area contributed by atoms with Gasteiger partial charge in [0.1, 0.15) is 0 Å². The predicted molar refractivity (Wildman–Crippen MR) is 76.6 cm³/mol. The number of hydrogen-bond acceptors (Lipinski definition) is 4. The zero-order chi connectivity index (χ0) is 13.9. The van der Waals surface area contributed by atoms with E-state index in [0.717, 1.165) is 30.6 Å². The monoisotopic (exact) mass is 273 g/mol. The fraction of sp³-hybridized carbons (Fsp3) is 0.500. The Morgan fingerprint density at radius 1 is 1.55 bits per heavy atom. The van der Waals surface area contributed by atoms with E-state index >= 15 is 0 Å². The Bertz CT molecular complexity index is 615. The molecule has 1 atom stereocenters. The zero-order valence-corrected chi connectivity index (χ0v) is 11.6. The summed E-state index contributed by atoms with van der Waals surface area (Å²) in [6, 6.07) is 1.84.